The molecule has 0 spiro atoms. The molecule has 0 unspecified atom stereocenters. The van der Waals surface area contributed by atoms with Gasteiger partial charge in [-0.05, 0) is 30.6 Å². The van der Waals surface area contributed by atoms with E-state index in [1.165, 1.54) is 6.21 Å². The van der Waals surface area contributed by atoms with Crippen molar-refractivity contribution in [3.63, 3.8) is 0 Å². The van der Waals surface area contributed by atoms with Gasteiger partial charge in [-0.25, -0.2) is 0 Å². The van der Waals surface area contributed by atoms with E-state index in [0.29, 0.717) is 0 Å². The van der Waals surface area contributed by atoms with Crippen molar-refractivity contribution in [1.82, 2.24) is 0 Å². The van der Waals surface area contributed by atoms with Crippen LogP contribution in [0.25, 0.3) is 0 Å². The van der Waals surface area contributed by atoms with Gasteiger partial charge in [-0.15, -0.1) is 0 Å². The van der Waals surface area contributed by atoms with Crippen LogP contribution in [0.5, 0.6) is 0 Å². The lowest BCUT2D eigenvalue weighted by Crippen LogP contribution is -1.88. The first-order valence-electron chi connectivity index (χ1n) is 3.13. The molecule has 0 atom stereocenters. The van der Waals surface area contributed by atoms with Crippen molar-refractivity contribution < 1.29 is 0 Å². The standard InChI is InChI=1S/C9H13N/c1-5-8(4)9(6-10)7(2)3/h5-6,10H,1-2H2,3-4H3/b9-8-,10-6?. The van der Waals surface area contributed by atoms with E-state index >= 15 is 0 Å². The Morgan fingerprint density at radius 3 is 2.00 bits per heavy atom. The van der Waals surface area contributed by atoms with Crippen molar-refractivity contribution in [3.8, 4) is 0 Å². The van der Waals surface area contributed by atoms with Gasteiger partial charge >= 0.3 is 0 Å². The minimum absolute atomic E-state index is 0.870. The normalized spacial score (nSPS) is 11.8. The van der Waals surface area contributed by atoms with Crippen LogP contribution in [0.4, 0.5) is 0 Å². The van der Waals surface area contributed by atoms with Crippen LogP contribution in [0.2, 0.25) is 0 Å². The molecule has 0 amide bonds. The monoisotopic (exact) mass is 135 g/mol. The van der Waals surface area contributed by atoms with Gasteiger partial charge in [0.15, 0.2) is 0 Å². The van der Waals surface area contributed by atoms with Gasteiger partial charge in [-0.2, -0.15) is 0 Å². The summed E-state index contributed by atoms with van der Waals surface area (Å²) in [6.07, 6.45) is 3.04. The van der Waals surface area contributed by atoms with Gasteiger partial charge in [0.2, 0.25) is 0 Å². The summed E-state index contributed by atoms with van der Waals surface area (Å²) >= 11 is 0. The predicted octanol–water partition coefficient (Wildman–Crippen LogP) is 2.71. The van der Waals surface area contributed by atoms with E-state index in [4.69, 9.17) is 5.41 Å². The average molecular weight is 135 g/mol. The molecule has 0 aliphatic carbocycles. The summed E-state index contributed by atoms with van der Waals surface area (Å²) in [4.78, 5) is 0. The Morgan fingerprint density at radius 2 is 1.90 bits per heavy atom. The summed E-state index contributed by atoms with van der Waals surface area (Å²) in [5.74, 6) is 0. The maximum Gasteiger partial charge on any atom is 0.0255 e. The van der Waals surface area contributed by atoms with E-state index in [2.05, 4.69) is 13.2 Å². The van der Waals surface area contributed by atoms with Crippen molar-refractivity contribution >= 4 is 6.21 Å². The van der Waals surface area contributed by atoms with E-state index in [-0.39, 0.29) is 0 Å². The lowest BCUT2D eigenvalue weighted by atomic mass is 10.1. The second-order valence-corrected chi connectivity index (χ2v) is 2.23. The molecule has 0 saturated heterocycles. The summed E-state index contributed by atoms with van der Waals surface area (Å²) in [7, 11) is 0. The topological polar surface area (TPSA) is 23.9 Å². The predicted molar refractivity (Wildman–Crippen MR) is 46.5 cm³/mol. The van der Waals surface area contributed by atoms with Crippen molar-refractivity contribution in [3.05, 3.63) is 36.0 Å². The quantitative estimate of drug-likeness (QED) is 0.454. The molecule has 0 aromatic heterocycles. The van der Waals surface area contributed by atoms with Crippen LogP contribution in [0, 0.1) is 5.41 Å². The highest BCUT2D eigenvalue weighted by Gasteiger charge is 1.95. The van der Waals surface area contributed by atoms with Gasteiger partial charge in [0, 0.05) is 6.21 Å². The zero-order chi connectivity index (χ0) is 8.15. The first-order chi connectivity index (χ1) is 4.63. The van der Waals surface area contributed by atoms with Crippen LogP contribution in [-0.2, 0) is 0 Å². The molecule has 0 aliphatic rings. The number of hydrogen-bond donors (Lipinski definition) is 1. The highest BCUT2D eigenvalue weighted by Crippen LogP contribution is 2.10. The molecule has 10 heavy (non-hydrogen) atoms. The van der Waals surface area contributed by atoms with Gasteiger partial charge in [0.1, 0.15) is 0 Å². The van der Waals surface area contributed by atoms with Gasteiger partial charge in [-0.3, -0.25) is 0 Å². The number of rotatable bonds is 3. The lowest BCUT2D eigenvalue weighted by Gasteiger charge is -2.00. The van der Waals surface area contributed by atoms with Crippen molar-refractivity contribution in [1.29, 1.82) is 5.41 Å². The first kappa shape index (κ1) is 8.89. The molecule has 1 heteroatoms. The van der Waals surface area contributed by atoms with Gasteiger partial charge in [-0.1, -0.05) is 19.2 Å². The van der Waals surface area contributed by atoms with E-state index in [0.717, 1.165) is 16.7 Å². The molecule has 0 aromatic carbocycles. The van der Waals surface area contributed by atoms with Crippen molar-refractivity contribution in [2.45, 2.75) is 13.8 Å². The third-order valence-corrected chi connectivity index (χ3v) is 1.34. The Bertz CT molecular complexity index is 197. The Hall–Kier alpha value is -1.11. The van der Waals surface area contributed by atoms with Crippen LogP contribution in [0.15, 0.2) is 36.0 Å². The molecule has 0 radical (unpaired) electrons. The molecular formula is C9H13N. The minimum atomic E-state index is 0.870. The zero-order valence-corrected chi connectivity index (χ0v) is 6.57. The molecule has 0 fully saturated rings. The van der Waals surface area contributed by atoms with Crippen molar-refractivity contribution in [2.24, 2.45) is 0 Å². The van der Waals surface area contributed by atoms with E-state index in [1.807, 2.05) is 13.8 Å². The summed E-state index contributed by atoms with van der Waals surface area (Å²) < 4.78 is 0. The van der Waals surface area contributed by atoms with Gasteiger partial charge < -0.3 is 5.41 Å². The van der Waals surface area contributed by atoms with Crippen LogP contribution in [0.3, 0.4) is 0 Å². The molecule has 54 valence electrons. The largest absolute Gasteiger partial charge is 0.308 e. The maximum absolute atomic E-state index is 7.03. The van der Waals surface area contributed by atoms with Gasteiger partial charge in [0.25, 0.3) is 0 Å². The second-order valence-electron chi connectivity index (χ2n) is 2.23. The Balaban J connectivity index is 4.79. The smallest absolute Gasteiger partial charge is 0.0255 e. The van der Waals surface area contributed by atoms with Crippen LogP contribution in [0.1, 0.15) is 13.8 Å². The lowest BCUT2D eigenvalue weighted by molar-refractivity contribution is 1.38. The summed E-state index contributed by atoms with van der Waals surface area (Å²) in [6.45, 7) is 11.1. The Morgan fingerprint density at radius 1 is 1.40 bits per heavy atom. The Labute approximate surface area is 62.3 Å². The first-order valence-corrected chi connectivity index (χ1v) is 3.13. The summed E-state index contributed by atoms with van der Waals surface area (Å²) in [5, 5.41) is 7.03. The zero-order valence-electron chi connectivity index (χ0n) is 6.57. The van der Waals surface area contributed by atoms with Gasteiger partial charge in [0.05, 0.1) is 0 Å². The highest BCUT2D eigenvalue weighted by atomic mass is 14.3. The highest BCUT2D eigenvalue weighted by molar-refractivity contribution is 5.83. The van der Waals surface area contributed by atoms with E-state index < -0.39 is 0 Å². The molecule has 0 heterocycles. The average Bonchev–Trinajstić information content (AvgIpc) is 1.88. The fourth-order valence-electron chi connectivity index (χ4n) is 0.684. The molecule has 1 nitrogen and oxygen atoms in total. The number of nitrogens with one attached hydrogen (secondary N) is 1. The number of allylic oxidation sites excluding steroid dienone is 4. The fraction of sp³-hybridized carbons (Fsp3) is 0.222. The van der Waals surface area contributed by atoms with Crippen LogP contribution in [-0.4, -0.2) is 6.21 Å². The van der Waals surface area contributed by atoms with Crippen molar-refractivity contribution in [2.75, 3.05) is 0 Å². The number of hydrogen-bond acceptors (Lipinski definition) is 1. The van der Waals surface area contributed by atoms with Crippen LogP contribution >= 0.6 is 0 Å². The van der Waals surface area contributed by atoms with E-state index in [1.54, 1.807) is 6.08 Å². The second kappa shape index (κ2) is 3.83. The molecular weight excluding hydrogens is 122 g/mol. The molecule has 1 N–H and O–H groups in total. The summed E-state index contributed by atoms with van der Waals surface area (Å²) in [6, 6.07) is 0. The van der Waals surface area contributed by atoms with Crippen LogP contribution < -0.4 is 0 Å². The Kier molecular flexibility index (Phi) is 3.40. The molecule has 0 saturated carbocycles. The third kappa shape index (κ3) is 2.02. The molecule has 0 bridgehead atoms. The minimum Gasteiger partial charge on any atom is -0.308 e. The third-order valence-electron chi connectivity index (χ3n) is 1.34. The summed E-state index contributed by atoms with van der Waals surface area (Å²) in [5.41, 5.74) is 2.78. The van der Waals surface area contributed by atoms with E-state index in [9.17, 15) is 0 Å². The molecule has 0 aliphatic heterocycles. The SMILES string of the molecule is C=C/C(C)=C(/C=N)C(=C)C. The molecule has 0 aromatic rings. The molecule has 0 rings (SSSR count). The fourth-order valence-corrected chi connectivity index (χ4v) is 0.684. The maximum atomic E-state index is 7.03.